The molecule has 6 aromatic rings. The van der Waals surface area contributed by atoms with Crippen LogP contribution >= 0.6 is 0 Å². The summed E-state index contributed by atoms with van der Waals surface area (Å²) in [5.74, 6) is 0. The van der Waals surface area contributed by atoms with E-state index in [0.717, 1.165) is 44.4 Å². The van der Waals surface area contributed by atoms with Gasteiger partial charge in [-0.3, -0.25) is 0 Å². The van der Waals surface area contributed by atoms with Gasteiger partial charge >= 0.3 is 0 Å². The molecule has 0 saturated heterocycles. The van der Waals surface area contributed by atoms with E-state index < -0.39 is 0 Å². The third-order valence-corrected chi connectivity index (χ3v) is 5.33. The van der Waals surface area contributed by atoms with Crippen molar-refractivity contribution in [2.45, 2.75) is 6.92 Å². The molecule has 4 heteroatoms. The minimum absolute atomic E-state index is 0.789. The highest BCUT2D eigenvalue weighted by molar-refractivity contribution is 6.23. The second kappa shape index (κ2) is 5.60. The van der Waals surface area contributed by atoms with Crippen LogP contribution in [0.2, 0.25) is 0 Å². The highest BCUT2D eigenvalue weighted by Crippen LogP contribution is 2.34. The number of aryl methyl sites for hydroxylation is 1. The molecule has 0 spiro atoms. The van der Waals surface area contributed by atoms with Crippen molar-refractivity contribution in [3.8, 4) is 5.69 Å². The Morgan fingerprint density at radius 2 is 1.11 bits per heavy atom. The van der Waals surface area contributed by atoms with Gasteiger partial charge in [0, 0.05) is 10.8 Å². The Morgan fingerprint density at radius 3 is 1.75 bits per heavy atom. The van der Waals surface area contributed by atoms with E-state index in [0.29, 0.717) is 0 Å². The molecule has 0 radical (unpaired) electrons. The van der Waals surface area contributed by atoms with Crippen molar-refractivity contribution in [1.82, 2.24) is 19.7 Å². The maximum atomic E-state index is 5.09. The van der Waals surface area contributed by atoms with Crippen LogP contribution in [0, 0.1) is 6.92 Å². The highest BCUT2D eigenvalue weighted by atomic mass is 15.3. The number of para-hydroxylation sites is 1. The number of aromatic nitrogens is 4. The molecule has 2 aromatic heterocycles. The molecule has 6 rings (SSSR count). The Morgan fingerprint density at radius 1 is 0.571 bits per heavy atom. The van der Waals surface area contributed by atoms with Crippen molar-refractivity contribution in [2.24, 2.45) is 0 Å². The number of benzene rings is 4. The Labute approximate surface area is 161 Å². The van der Waals surface area contributed by atoms with Crippen LogP contribution in [0.3, 0.4) is 0 Å². The summed E-state index contributed by atoms with van der Waals surface area (Å²) in [6, 6.07) is 26.9. The van der Waals surface area contributed by atoms with Crippen LogP contribution in [0.25, 0.3) is 49.4 Å². The molecule has 0 bridgehead atoms. The van der Waals surface area contributed by atoms with E-state index in [4.69, 9.17) is 15.1 Å². The van der Waals surface area contributed by atoms with Crippen molar-refractivity contribution in [3.63, 3.8) is 0 Å². The molecule has 4 nitrogen and oxygen atoms in total. The Balaban J connectivity index is 1.85. The van der Waals surface area contributed by atoms with Crippen LogP contribution in [-0.4, -0.2) is 19.7 Å². The van der Waals surface area contributed by atoms with Crippen molar-refractivity contribution in [1.29, 1.82) is 0 Å². The predicted molar refractivity (Wildman–Crippen MR) is 114 cm³/mol. The van der Waals surface area contributed by atoms with Crippen molar-refractivity contribution >= 4 is 43.7 Å². The molecule has 0 aliphatic carbocycles. The number of fused-ring (bicyclic) bond motifs is 7. The van der Waals surface area contributed by atoms with E-state index in [2.05, 4.69) is 48.5 Å². The first-order valence-electron chi connectivity index (χ1n) is 9.33. The monoisotopic (exact) mass is 360 g/mol. The standard InChI is InChI=1S/C24H16N4/c1-15-21-24(28(27-15)16-9-3-2-4-10-16)26-23-20-14-8-6-12-18(20)17-11-5-7-13-19(17)22(23)25-21/h2-14H,1H3. The summed E-state index contributed by atoms with van der Waals surface area (Å²) in [5.41, 5.74) is 5.34. The molecular weight excluding hydrogens is 344 g/mol. The van der Waals surface area contributed by atoms with E-state index in [1.54, 1.807) is 0 Å². The van der Waals surface area contributed by atoms with E-state index in [1.807, 2.05) is 41.9 Å². The van der Waals surface area contributed by atoms with Gasteiger partial charge < -0.3 is 0 Å². The van der Waals surface area contributed by atoms with Gasteiger partial charge in [-0.15, -0.1) is 0 Å². The minimum atomic E-state index is 0.789. The second-order valence-electron chi connectivity index (χ2n) is 7.02. The normalized spacial score (nSPS) is 11.8. The van der Waals surface area contributed by atoms with Crippen molar-refractivity contribution in [2.75, 3.05) is 0 Å². The topological polar surface area (TPSA) is 43.6 Å². The highest BCUT2D eigenvalue weighted by Gasteiger charge is 2.17. The summed E-state index contributed by atoms with van der Waals surface area (Å²) in [7, 11) is 0. The molecule has 0 aliphatic heterocycles. The predicted octanol–water partition coefficient (Wildman–Crippen LogP) is 5.58. The van der Waals surface area contributed by atoms with E-state index in [1.165, 1.54) is 10.8 Å². The number of hydrogen-bond donors (Lipinski definition) is 0. The minimum Gasteiger partial charge on any atom is -0.240 e. The van der Waals surface area contributed by atoms with Gasteiger partial charge in [-0.1, -0.05) is 66.7 Å². The molecule has 0 N–H and O–H groups in total. The summed E-state index contributed by atoms with van der Waals surface area (Å²) in [6.45, 7) is 1.99. The molecule has 0 saturated carbocycles. The number of nitrogens with zero attached hydrogens (tertiary/aromatic N) is 4. The summed E-state index contributed by atoms with van der Waals surface area (Å²) < 4.78 is 1.89. The van der Waals surface area contributed by atoms with Crippen LogP contribution < -0.4 is 0 Å². The molecule has 28 heavy (non-hydrogen) atoms. The van der Waals surface area contributed by atoms with Crippen LogP contribution in [-0.2, 0) is 0 Å². The molecule has 0 aliphatic rings. The van der Waals surface area contributed by atoms with Gasteiger partial charge in [-0.25, -0.2) is 14.6 Å². The number of hydrogen-bond acceptors (Lipinski definition) is 3. The summed E-state index contributed by atoms with van der Waals surface area (Å²) in [5, 5.41) is 9.37. The Bertz CT molecular complexity index is 1510. The first-order valence-corrected chi connectivity index (χ1v) is 9.33. The molecular formula is C24H16N4. The lowest BCUT2D eigenvalue weighted by Crippen LogP contribution is -1.98. The van der Waals surface area contributed by atoms with Crippen molar-refractivity contribution in [3.05, 3.63) is 84.6 Å². The maximum absolute atomic E-state index is 5.09. The lowest BCUT2D eigenvalue weighted by molar-refractivity contribution is 0.879. The Hall–Kier alpha value is -3.79. The molecule has 0 fully saturated rings. The SMILES string of the molecule is Cc1nn(-c2ccccc2)c2nc3c4ccccc4c4ccccc4c3nc12. The molecule has 0 amide bonds. The fourth-order valence-corrected chi connectivity index (χ4v) is 4.04. The smallest absolute Gasteiger partial charge is 0.182 e. The van der Waals surface area contributed by atoms with Gasteiger partial charge in [0.1, 0.15) is 5.52 Å². The van der Waals surface area contributed by atoms with Crippen LogP contribution in [0.15, 0.2) is 78.9 Å². The van der Waals surface area contributed by atoms with Crippen LogP contribution in [0.5, 0.6) is 0 Å². The lowest BCUT2D eigenvalue weighted by Gasteiger charge is -2.09. The van der Waals surface area contributed by atoms with Gasteiger partial charge in [-0.05, 0) is 29.8 Å². The molecule has 4 aromatic carbocycles. The number of rotatable bonds is 1. The molecule has 0 atom stereocenters. The molecule has 2 heterocycles. The molecule has 132 valence electrons. The fraction of sp³-hybridized carbons (Fsp3) is 0.0417. The average Bonchev–Trinajstić information content (AvgIpc) is 3.09. The van der Waals surface area contributed by atoms with Gasteiger partial charge in [0.2, 0.25) is 0 Å². The van der Waals surface area contributed by atoms with Gasteiger partial charge in [-0.2, -0.15) is 5.10 Å². The van der Waals surface area contributed by atoms with E-state index >= 15 is 0 Å². The first kappa shape index (κ1) is 15.3. The lowest BCUT2D eigenvalue weighted by atomic mass is 9.99. The summed E-state index contributed by atoms with van der Waals surface area (Å²) in [4.78, 5) is 10.1. The van der Waals surface area contributed by atoms with Crippen LogP contribution in [0.4, 0.5) is 0 Å². The Kier molecular flexibility index (Phi) is 3.06. The third kappa shape index (κ3) is 2.03. The van der Waals surface area contributed by atoms with E-state index in [9.17, 15) is 0 Å². The second-order valence-corrected chi connectivity index (χ2v) is 7.02. The zero-order valence-electron chi connectivity index (χ0n) is 15.3. The third-order valence-electron chi connectivity index (χ3n) is 5.33. The van der Waals surface area contributed by atoms with Gasteiger partial charge in [0.15, 0.2) is 5.65 Å². The van der Waals surface area contributed by atoms with Gasteiger partial charge in [0.05, 0.1) is 22.4 Å². The zero-order valence-corrected chi connectivity index (χ0v) is 15.3. The first-order chi connectivity index (χ1) is 13.8. The summed E-state index contributed by atoms with van der Waals surface area (Å²) in [6.07, 6.45) is 0. The van der Waals surface area contributed by atoms with E-state index in [-0.39, 0.29) is 0 Å². The molecule has 0 unspecified atom stereocenters. The maximum Gasteiger partial charge on any atom is 0.182 e. The van der Waals surface area contributed by atoms with Gasteiger partial charge in [0.25, 0.3) is 0 Å². The van der Waals surface area contributed by atoms with Crippen LogP contribution in [0.1, 0.15) is 5.69 Å². The average molecular weight is 360 g/mol. The fourth-order valence-electron chi connectivity index (χ4n) is 4.04. The quantitative estimate of drug-likeness (QED) is 0.359. The largest absolute Gasteiger partial charge is 0.240 e. The zero-order chi connectivity index (χ0) is 18.7. The van der Waals surface area contributed by atoms with Crippen molar-refractivity contribution < 1.29 is 0 Å². The summed E-state index contributed by atoms with van der Waals surface area (Å²) >= 11 is 0.